The lowest BCUT2D eigenvalue weighted by molar-refractivity contribution is -0.159. The molecule has 0 aromatic carbocycles. The first kappa shape index (κ1) is 16.2. The van der Waals surface area contributed by atoms with Gasteiger partial charge in [-0.1, -0.05) is 23.2 Å². The van der Waals surface area contributed by atoms with E-state index in [0.717, 1.165) is 6.42 Å². The van der Waals surface area contributed by atoms with E-state index in [2.05, 4.69) is 4.98 Å². The Hall–Kier alpha value is -1.20. The lowest BCUT2D eigenvalue weighted by atomic mass is 10.1. The number of carbonyl (C=O) groups is 2. The molecule has 0 aliphatic carbocycles. The number of hydrogen-bond donors (Lipinski definition) is 1. The number of halogens is 2. The molecule has 5 nitrogen and oxygen atoms in total. The predicted molar refractivity (Wildman–Crippen MR) is 80.7 cm³/mol. The Balaban J connectivity index is 2.14. The second-order valence-electron chi connectivity index (χ2n) is 6.03. The van der Waals surface area contributed by atoms with Crippen molar-refractivity contribution in [3.05, 3.63) is 21.9 Å². The Bertz CT molecular complexity index is 544. The van der Waals surface area contributed by atoms with Crippen LogP contribution in [-0.4, -0.2) is 39.9 Å². The maximum Gasteiger partial charge on any atom is 0.329 e. The maximum atomic E-state index is 12.5. The van der Waals surface area contributed by atoms with E-state index >= 15 is 0 Å². The van der Waals surface area contributed by atoms with Crippen molar-refractivity contribution < 1.29 is 14.3 Å². The highest BCUT2D eigenvalue weighted by Crippen LogP contribution is 2.26. The standard InChI is InChI=1S/C14H18Cl2N2O3/c1-14(2,3)21-13(20)10-5-4-6-18(10)12(19)9-7-8(15)11(16)17-9/h7,10,17H,4-6H2,1-3H3/t10-/m1/s1. The normalized spacial score (nSPS) is 18.9. The predicted octanol–water partition coefficient (Wildman–Crippen LogP) is 3.27. The van der Waals surface area contributed by atoms with Crippen LogP contribution in [0.5, 0.6) is 0 Å². The number of esters is 1. The van der Waals surface area contributed by atoms with Crippen LogP contribution >= 0.6 is 23.2 Å². The van der Waals surface area contributed by atoms with Gasteiger partial charge in [-0.2, -0.15) is 0 Å². The topological polar surface area (TPSA) is 62.4 Å². The van der Waals surface area contributed by atoms with Crippen molar-refractivity contribution in [2.75, 3.05) is 6.54 Å². The zero-order valence-electron chi connectivity index (χ0n) is 12.2. The summed E-state index contributed by atoms with van der Waals surface area (Å²) < 4.78 is 5.37. The number of nitrogens with one attached hydrogen (secondary N) is 1. The molecule has 7 heteroatoms. The number of carbonyl (C=O) groups excluding carboxylic acids is 2. The molecule has 1 aliphatic rings. The summed E-state index contributed by atoms with van der Waals surface area (Å²) >= 11 is 11.7. The van der Waals surface area contributed by atoms with Gasteiger partial charge >= 0.3 is 5.97 Å². The minimum absolute atomic E-state index is 0.216. The summed E-state index contributed by atoms with van der Waals surface area (Å²) in [6, 6.07) is 0.911. The van der Waals surface area contributed by atoms with Gasteiger partial charge in [0.1, 0.15) is 22.5 Å². The average Bonchev–Trinajstić information content (AvgIpc) is 2.94. The van der Waals surface area contributed by atoms with E-state index in [0.29, 0.717) is 13.0 Å². The van der Waals surface area contributed by atoms with Gasteiger partial charge in [-0.25, -0.2) is 4.79 Å². The zero-order chi connectivity index (χ0) is 15.8. The summed E-state index contributed by atoms with van der Waals surface area (Å²) in [5.41, 5.74) is -0.298. The largest absolute Gasteiger partial charge is 0.458 e. The molecular weight excluding hydrogens is 315 g/mol. The number of amides is 1. The monoisotopic (exact) mass is 332 g/mol. The van der Waals surface area contributed by atoms with Gasteiger partial charge < -0.3 is 14.6 Å². The molecule has 1 aromatic heterocycles. The molecule has 1 atom stereocenters. The Morgan fingerprint density at radius 2 is 2.05 bits per heavy atom. The molecule has 1 N–H and O–H groups in total. The molecule has 0 spiro atoms. The molecule has 1 aromatic rings. The fraction of sp³-hybridized carbons (Fsp3) is 0.571. The summed E-state index contributed by atoms with van der Waals surface area (Å²) in [7, 11) is 0. The Morgan fingerprint density at radius 1 is 1.38 bits per heavy atom. The molecule has 2 rings (SSSR count). The zero-order valence-corrected chi connectivity index (χ0v) is 13.7. The van der Waals surface area contributed by atoms with Crippen LogP contribution in [0, 0.1) is 0 Å². The van der Waals surface area contributed by atoms with Crippen LogP contribution in [0.2, 0.25) is 10.2 Å². The van der Waals surface area contributed by atoms with Crippen LogP contribution in [0.3, 0.4) is 0 Å². The summed E-state index contributed by atoms with van der Waals surface area (Å²) in [6.07, 6.45) is 1.36. The van der Waals surface area contributed by atoms with Crippen LogP contribution < -0.4 is 0 Å². The Labute approximate surface area is 133 Å². The number of aromatic amines is 1. The highest BCUT2D eigenvalue weighted by molar-refractivity contribution is 6.41. The Kier molecular flexibility index (Phi) is 4.54. The van der Waals surface area contributed by atoms with Crippen molar-refractivity contribution >= 4 is 35.1 Å². The highest BCUT2D eigenvalue weighted by Gasteiger charge is 2.37. The number of nitrogens with zero attached hydrogens (tertiary/aromatic N) is 1. The lowest BCUT2D eigenvalue weighted by Crippen LogP contribution is -2.43. The number of rotatable bonds is 2. The Morgan fingerprint density at radius 3 is 2.57 bits per heavy atom. The fourth-order valence-electron chi connectivity index (χ4n) is 2.30. The fourth-order valence-corrected chi connectivity index (χ4v) is 2.61. The first-order valence-electron chi connectivity index (χ1n) is 6.77. The molecule has 0 radical (unpaired) electrons. The van der Waals surface area contributed by atoms with Crippen molar-refractivity contribution in [3.8, 4) is 0 Å². The van der Waals surface area contributed by atoms with E-state index in [-0.39, 0.29) is 27.7 Å². The van der Waals surface area contributed by atoms with Crippen molar-refractivity contribution in [3.63, 3.8) is 0 Å². The summed E-state index contributed by atoms with van der Waals surface area (Å²) in [5.74, 6) is -0.672. The number of aromatic nitrogens is 1. The van der Waals surface area contributed by atoms with E-state index < -0.39 is 11.6 Å². The third-order valence-electron chi connectivity index (χ3n) is 3.15. The molecule has 2 heterocycles. The van der Waals surface area contributed by atoms with Gasteiger partial charge in [0, 0.05) is 6.54 Å². The average molecular weight is 333 g/mol. The molecule has 21 heavy (non-hydrogen) atoms. The van der Waals surface area contributed by atoms with Crippen LogP contribution in [0.1, 0.15) is 44.1 Å². The maximum absolute atomic E-state index is 12.5. The van der Waals surface area contributed by atoms with Gasteiger partial charge in [0.25, 0.3) is 5.91 Å². The first-order valence-corrected chi connectivity index (χ1v) is 7.52. The first-order chi connectivity index (χ1) is 9.69. The SMILES string of the molecule is CC(C)(C)OC(=O)[C@H]1CCCN1C(=O)c1cc(Cl)c(Cl)[nH]1. The van der Waals surface area contributed by atoms with Crippen molar-refractivity contribution in [2.24, 2.45) is 0 Å². The van der Waals surface area contributed by atoms with Gasteiger partial charge in [-0.3, -0.25) is 4.79 Å². The smallest absolute Gasteiger partial charge is 0.329 e. The molecule has 116 valence electrons. The van der Waals surface area contributed by atoms with Crippen molar-refractivity contribution in [1.29, 1.82) is 0 Å². The molecule has 0 unspecified atom stereocenters. The van der Waals surface area contributed by atoms with Gasteiger partial charge in [0.15, 0.2) is 0 Å². The second-order valence-corrected chi connectivity index (χ2v) is 6.82. The molecule has 0 bridgehead atoms. The minimum atomic E-state index is -0.576. The number of ether oxygens (including phenoxy) is 1. The number of H-pyrrole nitrogens is 1. The van der Waals surface area contributed by atoms with Crippen LogP contribution in [-0.2, 0) is 9.53 Å². The van der Waals surface area contributed by atoms with Crippen LogP contribution in [0.15, 0.2) is 6.07 Å². The quantitative estimate of drug-likeness (QED) is 0.845. The summed E-state index contributed by atoms with van der Waals surface area (Å²) in [6.45, 7) is 5.92. The number of hydrogen-bond acceptors (Lipinski definition) is 3. The van der Waals surface area contributed by atoms with Gasteiger partial charge in [0.2, 0.25) is 0 Å². The van der Waals surface area contributed by atoms with Gasteiger partial charge in [-0.15, -0.1) is 0 Å². The van der Waals surface area contributed by atoms with Gasteiger partial charge in [-0.05, 0) is 39.7 Å². The third-order valence-corrected chi connectivity index (χ3v) is 3.84. The molecule has 1 saturated heterocycles. The van der Waals surface area contributed by atoms with Crippen molar-refractivity contribution in [1.82, 2.24) is 9.88 Å². The van der Waals surface area contributed by atoms with E-state index in [1.165, 1.54) is 11.0 Å². The minimum Gasteiger partial charge on any atom is -0.458 e. The highest BCUT2D eigenvalue weighted by atomic mass is 35.5. The van der Waals surface area contributed by atoms with E-state index in [9.17, 15) is 9.59 Å². The molecule has 1 amide bonds. The van der Waals surface area contributed by atoms with Crippen LogP contribution in [0.4, 0.5) is 0 Å². The van der Waals surface area contributed by atoms with Gasteiger partial charge in [0.05, 0.1) is 5.02 Å². The molecule has 1 fully saturated rings. The summed E-state index contributed by atoms with van der Waals surface area (Å²) in [4.78, 5) is 28.9. The molecular formula is C14H18Cl2N2O3. The molecule has 0 saturated carbocycles. The van der Waals surface area contributed by atoms with E-state index in [4.69, 9.17) is 27.9 Å². The molecule has 1 aliphatic heterocycles. The third kappa shape index (κ3) is 3.71. The second kappa shape index (κ2) is 5.89. The van der Waals surface area contributed by atoms with E-state index in [1.54, 1.807) is 20.8 Å². The van der Waals surface area contributed by atoms with Crippen molar-refractivity contribution in [2.45, 2.75) is 45.3 Å². The van der Waals surface area contributed by atoms with E-state index in [1.807, 2.05) is 0 Å². The number of likely N-dealkylation sites (tertiary alicyclic amines) is 1. The lowest BCUT2D eigenvalue weighted by Gasteiger charge is -2.27. The summed E-state index contributed by atoms with van der Waals surface area (Å²) in [5, 5.41) is 0.501. The van der Waals surface area contributed by atoms with Crippen LogP contribution in [0.25, 0.3) is 0 Å².